The lowest BCUT2D eigenvalue weighted by Crippen LogP contribution is -2.44. The van der Waals surface area contributed by atoms with Gasteiger partial charge in [0, 0.05) is 19.7 Å². The van der Waals surface area contributed by atoms with Crippen LogP contribution in [0, 0.1) is 0 Å². The molecule has 1 N–H and O–H groups in total. The number of anilines is 2. The molecule has 1 fully saturated rings. The molecule has 1 aliphatic rings. The Bertz CT molecular complexity index is 452. The molecule has 0 aliphatic carbocycles. The fourth-order valence-corrected chi connectivity index (χ4v) is 1.90. The maximum atomic E-state index is 12.8. The summed E-state index contributed by atoms with van der Waals surface area (Å²) in [7, 11) is 1.52. The number of rotatable bonds is 2. The largest absolute Gasteiger partial charge is 0.451 e. The average Bonchev–Trinajstić information content (AvgIpc) is 2.37. The van der Waals surface area contributed by atoms with E-state index in [4.69, 9.17) is 4.74 Å². The Morgan fingerprint density at radius 3 is 2.74 bits per heavy atom. The van der Waals surface area contributed by atoms with Gasteiger partial charge in [0.15, 0.2) is 0 Å². The summed E-state index contributed by atoms with van der Waals surface area (Å²) in [6, 6.07) is 1.49. The lowest BCUT2D eigenvalue weighted by molar-refractivity contribution is -0.144. The van der Waals surface area contributed by atoms with Crippen molar-refractivity contribution in [3.05, 3.63) is 11.9 Å². The molecule has 0 radical (unpaired) electrons. The van der Waals surface area contributed by atoms with Crippen molar-refractivity contribution in [3.8, 4) is 0 Å². The van der Waals surface area contributed by atoms with Crippen molar-refractivity contribution < 1.29 is 17.9 Å². The van der Waals surface area contributed by atoms with Gasteiger partial charge in [-0.25, -0.2) is 9.97 Å². The number of halogens is 3. The van der Waals surface area contributed by atoms with E-state index >= 15 is 0 Å². The molecule has 0 bridgehead atoms. The van der Waals surface area contributed by atoms with E-state index in [1.807, 2.05) is 6.92 Å². The molecule has 19 heavy (non-hydrogen) atoms. The second-order valence-corrected chi connectivity index (χ2v) is 4.30. The third-order valence-corrected chi connectivity index (χ3v) is 2.88. The molecule has 2 rings (SSSR count). The third kappa shape index (κ3) is 3.06. The minimum absolute atomic E-state index is 0.0190. The van der Waals surface area contributed by atoms with Crippen LogP contribution < -0.4 is 10.2 Å². The average molecular weight is 276 g/mol. The number of hydrogen-bond acceptors (Lipinski definition) is 5. The van der Waals surface area contributed by atoms with Crippen LogP contribution in [0.2, 0.25) is 0 Å². The van der Waals surface area contributed by atoms with E-state index in [0.29, 0.717) is 19.8 Å². The number of ether oxygens (including phenoxy) is 1. The fourth-order valence-electron chi connectivity index (χ4n) is 1.90. The Labute approximate surface area is 108 Å². The van der Waals surface area contributed by atoms with Crippen LogP contribution in [-0.4, -0.2) is 42.8 Å². The minimum Gasteiger partial charge on any atom is -0.377 e. The van der Waals surface area contributed by atoms with Gasteiger partial charge in [0.25, 0.3) is 0 Å². The van der Waals surface area contributed by atoms with E-state index in [0.717, 1.165) is 0 Å². The second kappa shape index (κ2) is 5.20. The molecule has 2 heterocycles. The molecule has 1 aromatic rings. The zero-order valence-corrected chi connectivity index (χ0v) is 10.7. The highest BCUT2D eigenvalue weighted by Gasteiger charge is 2.36. The van der Waals surface area contributed by atoms with Crippen LogP contribution >= 0.6 is 0 Å². The fraction of sp³-hybridized carbons (Fsp3) is 0.636. The Hall–Kier alpha value is -1.57. The van der Waals surface area contributed by atoms with Gasteiger partial charge in [-0.15, -0.1) is 0 Å². The Balaban J connectivity index is 2.39. The SMILES string of the molecule is CNc1cc(N2CCOCC2C)nc(C(F)(F)F)n1. The highest BCUT2D eigenvalue weighted by Crippen LogP contribution is 2.30. The van der Waals surface area contributed by atoms with Gasteiger partial charge >= 0.3 is 6.18 Å². The molecule has 0 spiro atoms. The number of hydrogen-bond donors (Lipinski definition) is 1. The highest BCUT2D eigenvalue weighted by molar-refractivity contribution is 5.50. The number of nitrogens with one attached hydrogen (secondary N) is 1. The first kappa shape index (κ1) is 13.9. The smallest absolute Gasteiger partial charge is 0.377 e. The van der Waals surface area contributed by atoms with Crippen molar-refractivity contribution in [2.75, 3.05) is 37.0 Å². The molecule has 0 amide bonds. The van der Waals surface area contributed by atoms with Gasteiger partial charge in [-0.3, -0.25) is 0 Å². The lowest BCUT2D eigenvalue weighted by Gasteiger charge is -2.34. The van der Waals surface area contributed by atoms with Crippen molar-refractivity contribution in [3.63, 3.8) is 0 Å². The van der Waals surface area contributed by atoms with E-state index in [9.17, 15) is 13.2 Å². The maximum Gasteiger partial charge on any atom is 0.451 e. The van der Waals surface area contributed by atoms with Gasteiger partial charge in [0.2, 0.25) is 5.82 Å². The van der Waals surface area contributed by atoms with Gasteiger partial charge in [0.1, 0.15) is 11.6 Å². The van der Waals surface area contributed by atoms with Gasteiger partial charge in [-0.2, -0.15) is 13.2 Å². The summed E-state index contributed by atoms with van der Waals surface area (Å²) in [6.45, 7) is 3.34. The van der Waals surface area contributed by atoms with Gasteiger partial charge in [0.05, 0.1) is 19.3 Å². The molecule has 106 valence electrons. The number of nitrogens with zero attached hydrogens (tertiary/aromatic N) is 3. The third-order valence-electron chi connectivity index (χ3n) is 2.88. The van der Waals surface area contributed by atoms with Gasteiger partial charge in [-0.1, -0.05) is 0 Å². The van der Waals surface area contributed by atoms with Crippen molar-refractivity contribution >= 4 is 11.6 Å². The predicted molar refractivity (Wildman–Crippen MR) is 64.2 cm³/mol. The molecule has 1 aromatic heterocycles. The lowest BCUT2D eigenvalue weighted by atomic mass is 10.2. The molecule has 0 aromatic carbocycles. The van der Waals surface area contributed by atoms with E-state index in [1.165, 1.54) is 13.1 Å². The van der Waals surface area contributed by atoms with Crippen LogP contribution in [0.25, 0.3) is 0 Å². The first-order valence-electron chi connectivity index (χ1n) is 5.90. The highest BCUT2D eigenvalue weighted by atomic mass is 19.4. The summed E-state index contributed by atoms with van der Waals surface area (Å²) in [5, 5.41) is 2.62. The molecule has 1 saturated heterocycles. The molecule has 1 atom stereocenters. The van der Waals surface area contributed by atoms with E-state index in [-0.39, 0.29) is 17.7 Å². The summed E-state index contributed by atoms with van der Waals surface area (Å²) in [4.78, 5) is 8.85. The Morgan fingerprint density at radius 1 is 1.42 bits per heavy atom. The minimum atomic E-state index is -4.56. The number of aromatic nitrogens is 2. The number of alkyl halides is 3. The maximum absolute atomic E-state index is 12.8. The van der Waals surface area contributed by atoms with Crippen molar-refractivity contribution in [2.45, 2.75) is 19.1 Å². The Kier molecular flexibility index (Phi) is 3.79. The van der Waals surface area contributed by atoms with E-state index in [2.05, 4.69) is 15.3 Å². The quantitative estimate of drug-likeness (QED) is 0.892. The first-order chi connectivity index (χ1) is 8.91. The van der Waals surface area contributed by atoms with Crippen LogP contribution in [0.15, 0.2) is 6.07 Å². The van der Waals surface area contributed by atoms with Crippen molar-refractivity contribution in [2.24, 2.45) is 0 Å². The summed E-state index contributed by atoms with van der Waals surface area (Å²) in [6.07, 6.45) is -4.56. The van der Waals surface area contributed by atoms with Crippen molar-refractivity contribution in [1.82, 2.24) is 9.97 Å². The molecule has 1 aliphatic heterocycles. The summed E-state index contributed by atoms with van der Waals surface area (Å²) < 4.78 is 43.5. The van der Waals surface area contributed by atoms with Crippen LogP contribution in [0.5, 0.6) is 0 Å². The van der Waals surface area contributed by atoms with E-state index < -0.39 is 12.0 Å². The topological polar surface area (TPSA) is 50.3 Å². The van der Waals surface area contributed by atoms with Crippen LogP contribution in [0.1, 0.15) is 12.7 Å². The summed E-state index contributed by atoms with van der Waals surface area (Å²) in [5.74, 6) is -0.716. The van der Waals surface area contributed by atoms with E-state index in [1.54, 1.807) is 4.90 Å². The Morgan fingerprint density at radius 2 is 2.16 bits per heavy atom. The molecule has 0 saturated carbocycles. The molecular formula is C11H15F3N4O. The monoisotopic (exact) mass is 276 g/mol. The molecule has 1 unspecified atom stereocenters. The van der Waals surface area contributed by atoms with Crippen LogP contribution in [0.3, 0.4) is 0 Å². The predicted octanol–water partition coefficient (Wildman–Crippen LogP) is 1.76. The van der Waals surface area contributed by atoms with Crippen molar-refractivity contribution in [1.29, 1.82) is 0 Å². The summed E-state index contributed by atoms with van der Waals surface area (Å²) >= 11 is 0. The summed E-state index contributed by atoms with van der Waals surface area (Å²) in [5.41, 5.74) is 0. The molecule has 5 nitrogen and oxygen atoms in total. The first-order valence-corrected chi connectivity index (χ1v) is 5.90. The van der Waals surface area contributed by atoms with Gasteiger partial charge in [-0.05, 0) is 6.92 Å². The van der Waals surface area contributed by atoms with Gasteiger partial charge < -0.3 is 15.0 Å². The normalized spacial score (nSPS) is 20.5. The standard InChI is InChI=1S/C11H15F3N4O/c1-7-6-19-4-3-18(7)9-5-8(15-2)16-10(17-9)11(12,13)14/h5,7H,3-4,6H2,1-2H3,(H,15,16,17). The van der Waals surface area contributed by atoms with Crippen LogP contribution in [-0.2, 0) is 10.9 Å². The number of morpholine rings is 1. The van der Waals surface area contributed by atoms with Crippen LogP contribution in [0.4, 0.5) is 24.8 Å². The zero-order valence-electron chi connectivity index (χ0n) is 10.7. The second-order valence-electron chi connectivity index (χ2n) is 4.30. The molecule has 8 heteroatoms. The zero-order chi connectivity index (χ0) is 14.0. The molecular weight excluding hydrogens is 261 g/mol.